The summed E-state index contributed by atoms with van der Waals surface area (Å²) in [5.41, 5.74) is 1.01. The van der Waals surface area contributed by atoms with Gasteiger partial charge in [-0.1, -0.05) is 68.9 Å². The van der Waals surface area contributed by atoms with Crippen LogP contribution in [0.1, 0.15) is 76.7 Å². The molecule has 1 aromatic rings. The van der Waals surface area contributed by atoms with Crippen molar-refractivity contribution in [2.24, 2.45) is 5.92 Å². The standard InChI is InChI=1S/C24H35NO3/c1-2-28-24(27)22(18-19-12-6-3-7-13-19)23(26)25(20-14-8-4-9-15-20)21-16-10-5-11-17-21/h3,6-7,12-13,20-22H,2,4-5,8-11,14-18H2,1H3/t22-/m1/s1. The molecular weight excluding hydrogens is 350 g/mol. The highest BCUT2D eigenvalue weighted by atomic mass is 16.5. The number of ether oxygens (including phenoxy) is 1. The molecule has 0 heterocycles. The lowest BCUT2D eigenvalue weighted by atomic mass is 9.86. The minimum Gasteiger partial charge on any atom is -0.465 e. The fourth-order valence-corrected chi connectivity index (χ4v) is 4.92. The van der Waals surface area contributed by atoms with Gasteiger partial charge in [-0.25, -0.2) is 0 Å². The van der Waals surface area contributed by atoms with E-state index in [9.17, 15) is 9.59 Å². The number of nitrogens with zero attached hydrogens (tertiary/aromatic N) is 1. The van der Waals surface area contributed by atoms with E-state index in [1.807, 2.05) is 37.3 Å². The topological polar surface area (TPSA) is 46.6 Å². The minimum absolute atomic E-state index is 0.00102. The van der Waals surface area contributed by atoms with Crippen molar-refractivity contribution < 1.29 is 14.3 Å². The molecule has 0 aromatic heterocycles. The summed E-state index contributed by atoms with van der Waals surface area (Å²) >= 11 is 0. The van der Waals surface area contributed by atoms with Crippen molar-refractivity contribution in [3.8, 4) is 0 Å². The van der Waals surface area contributed by atoms with E-state index in [-0.39, 0.29) is 24.0 Å². The smallest absolute Gasteiger partial charge is 0.318 e. The van der Waals surface area contributed by atoms with Crippen LogP contribution in [0.15, 0.2) is 30.3 Å². The van der Waals surface area contributed by atoms with E-state index in [1.54, 1.807) is 0 Å². The Morgan fingerprint density at radius 2 is 1.46 bits per heavy atom. The predicted octanol–water partition coefficient (Wildman–Crippen LogP) is 4.90. The summed E-state index contributed by atoms with van der Waals surface area (Å²) in [4.78, 5) is 28.7. The lowest BCUT2D eigenvalue weighted by Crippen LogP contribution is -2.52. The lowest BCUT2D eigenvalue weighted by molar-refractivity contribution is -0.158. The number of carbonyl (C=O) groups is 2. The molecule has 0 aliphatic heterocycles. The van der Waals surface area contributed by atoms with Gasteiger partial charge in [0, 0.05) is 12.1 Å². The molecular formula is C24H35NO3. The van der Waals surface area contributed by atoms with E-state index in [2.05, 4.69) is 4.90 Å². The van der Waals surface area contributed by atoms with Gasteiger partial charge in [0.05, 0.1) is 6.61 Å². The molecule has 0 spiro atoms. The van der Waals surface area contributed by atoms with Crippen molar-refractivity contribution in [3.63, 3.8) is 0 Å². The average molecular weight is 386 g/mol. The molecule has 1 atom stereocenters. The first-order valence-electron chi connectivity index (χ1n) is 11.2. The monoisotopic (exact) mass is 385 g/mol. The first kappa shape index (κ1) is 20.9. The molecule has 0 N–H and O–H groups in total. The number of hydrogen-bond donors (Lipinski definition) is 0. The van der Waals surface area contributed by atoms with Crippen LogP contribution in [0.25, 0.3) is 0 Å². The van der Waals surface area contributed by atoms with Crippen molar-refractivity contribution in [1.82, 2.24) is 4.90 Å². The Kier molecular flexibility index (Phi) is 7.93. The van der Waals surface area contributed by atoms with E-state index in [4.69, 9.17) is 4.74 Å². The molecule has 0 radical (unpaired) electrons. The Balaban J connectivity index is 1.85. The van der Waals surface area contributed by atoms with Gasteiger partial charge in [-0.2, -0.15) is 0 Å². The van der Waals surface area contributed by atoms with Crippen molar-refractivity contribution in [2.45, 2.75) is 89.6 Å². The van der Waals surface area contributed by atoms with Crippen LogP contribution in [0, 0.1) is 5.92 Å². The van der Waals surface area contributed by atoms with Crippen LogP contribution in [0.4, 0.5) is 0 Å². The molecule has 1 amide bonds. The maximum atomic E-state index is 13.8. The Hall–Kier alpha value is -1.84. The van der Waals surface area contributed by atoms with Gasteiger partial charge in [-0.05, 0) is 44.6 Å². The van der Waals surface area contributed by atoms with Gasteiger partial charge in [0.15, 0.2) is 0 Å². The number of benzene rings is 1. The van der Waals surface area contributed by atoms with Crippen molar-refractivity contribution in [1.29, 1.82) is 0 Å². The Morgan fingerprint density at radius 1 is 0.929 bits per heavy atom. The van der Waals surface area contributed by atoms with Crippen molar-refractivity contribution in [3.05, 3.63) is 35.9 Å². The zero-order chi connectivity index (χ0) is 19.8. The number of hydrogen-bond acceptors (Lipinski definition) is 3. The first-order chi connectivity index (χ1) is 13.7. The fourth-order valence-electron chi connectivity index (χ4n) is 4.92. The summed E-state index contributed by atoms with van der Waals surface area (Å²) in [7, 11) is 0. The maximum absolute atomic E-state index is 13.8. The highest BCUT2D eigenvalue weighted by Gasteiger charge is 2.39. The van der Waals surface area contributed by atoms with Gasteiger partial charge in [0.2, 0.25) is 5.91 Å². The second kappa shape index (κ2) is 10.6. The maximum Gasteiger partial charge on any atom is 0.318 e. The molecule has 2 fully saturated rings. The molecule has 4 nitrogen and oxygen atoms in total. The van der Waals surface area contributed by atoms with Crippen LogP contribution in [0.3, 0.4) is 0 Å². The summed E-state index contributed by atoms with van der Waals surface area (Å²) in [6.45, 7) is 2.12. The van der Waals surface area contributed by atoms with Crippen molar-refractivity contribution in [2.75, 3.05) is 6.61 Å². The Morgan fingerprint density at radius 3 is 1.96 bits per heavy atom. The predicted molar refractivity (Wildman–Crippen MR) is 111 cm³/mol. The van der Waals surface area contributed by atoms with Crippen LogP contribution < -0.4 is 0 Å². The summed E-state index contributed by atoms with van der Waals surface area (Å²) in [6, 6.07) is 10.4. The number of rotatable bonds is 7. The highest BCUT2D eigenvalue weighted by Crippen LogP contribution is 2.32. The Bertz CT molecular complexity index is 600. The quantitative estimate of drug-likeness (QED) is 0.495. The molecule has 0 saturated heterocycles. The zero-order valence-corrected chi connectivity index (χ0v) is 17.3. The third kappa shape index (κ3) is 5.36. The molecule has 2 aliphatic rings. The number of carbonyl (C=O) groups excluding carboxylic acids is 2. The summed E-state index contributed by atoms with van der Waals surface area (Å²) in [5.74, 6) is -1.10. The molecule has 2 saturated carbocycles. The molecule has 154 valence electrons. The second-order valence-electron chi connectivity index (χ2n) is 8.32. The van der Waals surface area contributed by atoms with Crippen LogP contribution in [0.5, 0.6) is 0 Å². The van der Waals surface area contributed by atoms with Crippen LogP contribution in [-0.2, 0) is 20.7 Å². The fraction of sp³-hybridized carbons (Fsp3) is 0.667. The summed E-state index contributed by atoms with van der Waals surface area (Å²) in [5, 5.41) is 0. The lowest BCUT2D eigenvalue weighted by Gasteiger charge is -2.43. The van der Waals surface area contributed by atoms with E-state index in [0.717, 1.165) is 31.2 Å². The number of esters is 1. The molecule has 0 unspecified atom stereocenters. The van der Waals surface area contributed by atoms with E-state index in [1.165, 1.54) is 38.5 Å². The van der Waals surface area contributed by atoms with E-state index < -0.39 is 5.92 Å². The van der Waals surface area contributed by atoms with Gasteiger partial charge in [-0.15, -0.1) is 0 Å². The third-order valence-electron chi connectivity index (χ3n) is 6.34. The SMILES string of the molecule is CCOC(=O)[C@H](Cc1ccccc1)C(=O)N(C1CCCCC1)C1CCCCC1. The summed E-state index contributed by atoms with van der Waals surface area (Å²) in [6.07, 6.45) is 12.0. The average Bonchev–Trinajstić information content (AvgIpc) is 2.74. The van der Waals surface area contributed by atoms with E-state index in [0.29, 0.717) is 13.0 Å². The van der Waals surface area contributed by atoms with Gasteiger partial charge < -0.3 is 9.64 Å². The highest BCUT2D eigenvalue weighted by molar-refractivity contribution is 5.98. The minimum atomic E-state index is -0.730. The largest absolute Gasteiger partial charge is 0.465 e. The van der Waals surface area contributed by atoms with Gasteiger partial charge in [0.25, 0.3) is 0 Å². The molecule has 28 heavy (non-hydrogen) atoms. The summed E-state index contributed by atoms with van der Waals surface area (Å²) < 4.78 is 5.34. The van der Waals surface area contributed by atoms with Gasteiger partial charge in [-0.3, -0.25) is 9.59 Å². The van der Waals surface area contributed by atoms with Crippen LogP contribution in [0.2, 0.25) is 0 Å². The molecule has 2 aliphatic carbocycles. The van der Waals surface area contributed by atoms with Gasteiger partial charge in [0.1, 0.15) is 5.92 Å². The molecule has 4 heteroatoms. The molecule has 1 aromatic carbocycles. The van der Waals surface area contributed by atoms with Crippen LogP contribution in [-0.4, -0.2) is 35.5 Å². The van der Waals surface area contributed by atoms with Gasteiger partial charge >= 0.3 is 5.97 Å². The van der Waals surface area contributed by atoms with Crippen molar-refractivity contribution >= 4 is 11.9 Å². The second-order valence-corrected chi connectivity index (χ2v) is 8.32. The van der Waals surface area contributed by atoms with E-state index >= 15 is 0 Å². The zero-order valence-electron chi connectivity index (χ0n) is 17.3. The third-order valence-corrected chi connectivity index (χ3v) is 6.34. The molecule has 0 bridgehead atoms. The first-order valence-corrected chi connectivity index (χ1v) is 11.2. The Labute approximate surface area is 169 Å². The molecule has 3 rings (SSSR count). The number of amides is 1. The van der Waals surface area contributed by atoms with Crippen LogP contribution >= 0.6 is 0 Å². The normalized spacial score (nSPS) is 19.8.